The van der Waals surface area contributed by atoms with Gasteiger partial charge < -0.3 is 14.7 Å². The second kappa shape index (κ2) is 7.49. The molecule has 25 heavy (non-hydrogen) atoms. The molecule has 0 aromatic heterocycles. The van der Waals surface area contributed by atoms with Crippen LogP contribution in [0.4, 0.5) is 17.1 Å². The summed E-state index contributed by atoms with van der Waals surface area (Å²) in [7, 11) is 0. The first-order valence-electron chi connectivity index (χ1n) is 9.73. The molecule has 0 N–H and O–H groups in total. The van der Waals surface area contributed by atoms with Gasteiger partial charge in [-0.1, -0.05) is 30.3 Å². The van der Waals surface area contributed by atoms with Gasteiger partial charge in [0.2, 0.25) is 0 Å². The van der Waals surface area contributed by atoms with Crippen LogP contribution in [0.25, 0.3) is 0 Å². The number of fused-ring (bicyclic) bond motifs is 1. The van der Waals surface area contributed by atoms with E-state index in [1.807, 2.05) is 0 Å². The highest BCUT2D eigenvalue weighted by Crippen LogP contribution is 2.37. The Bertz CT molecular complexity index is 685. The van der Waals surface area contributed by atoms with E-state index >= 15 is 0 Å². The van der Waals surface area contributed by atoms with Gasteiger partial charge in [0.25, 0.3) is 0 Å². The summed E-state index contributed by atoms with van der Waals surface area (Å²) in [4.78, 5) is 7.69. The first-order valence-corrected chi connectivity index (χ1v) is 9.73. The van der Waals surface area contributed by atoms with E-state index in [9.17, 15) is 0 Å². The Labute approximate surface area is 151 Å². The lowest BCUT2D eigenvalue weighted by Crippen LogP contribution is -2.40. The van der Waals surface area contributed by atoms with Crippen molar-refractivity contribution in [2.75, 3.05) is 42.5 Å². The lowest BCUT2D eigenvalue weighted by atomic mass is 10.1. The van der Waals surface area contributed by atoms with Crippen molar-refractivity contribution in [3.63, 3.8) is 0 Å². The second-order valence-electron chi connectivity index (χ2n) is 7.34. The lowest BCUT2D eigenvalue weighted by molar-refractivity contribution is 0.266. The fourth-order valence-corrected chi connectivity index (χ4v) is 4.32. The maximum Gasteiger partial charge on any atom is 0.0649 e. The van der Waals surface area contributed by atoms with E-state index in [2.05, 4.69) is 76.2 Å². The second-order valence-corrected chi connectivity index (χ2v) is 7.34. The van der Waals surface area contributed by atoms with Crippen LogP contribution in [0.1, 0.15) is 26.2 Å². The molecule has 2 aromatic rings. The fraction of sp³-hybridized carbons (Fsp3) is 0.455. The molecule has 0 aliphatic carbocycles. The fourth-order valence-electron chi connectivity index (χ4n) is 4.32. The zero-order valence-electron chi connectivity index (χ0n) is 15.3. The summed E-state index contributed by atoms with van der Waals surface area (Å²) in [6.45, 7) is 8.22. The number of rotatable bonds is 5. The van der Waals surface area contributed by atoms with E-state index in [0.29, 0.717) is 0 Å². The largest absolute Gasteiger partial charge is 0.368 e. The van der Waals surface area contributed by atoms with Gasteiger partial charge in [-0.3, -0.25) is 0 Å². The van der Waals surface area contributed by atoms with Gasteiger partial charge in [-0.25, -0.2) is 0 Å². The molecular weight excluding hydrogens is 306 g/mol. The summed E-state index contributed by atoms with van der Waals surface area (Å²) in [6, 6.07) is 20.4. The minimum atomic E-state index is 0.780. The zero-order chi connectivity index (χ0) is 17.1. The summed E-state index contributed by atoms with van der Waals surface area (Å²) in [5.74, 6) is 0. The molecule has 1 saturated heterocycles. The SMILES string of the molecule is C[C@@H]1CCCN1CCCN1CCN(c2ccccc2)c2ccccc21. The monoisotopic (exact) mass is 335 g/mol. The summed E-state index contributed by atoms with van der Waals surface area (Å²) < 4.78 is 0. The van der Waals surface area contributed by atoms with Crippen molar-refractivity contribution in [1.29, 1.82) is 0 Å². The standard InChI is InChI=1S/C22H29N3/c1-19-9-7-14-23(19)15-8-16-24-17-18-25(20-10-3-2-4-11-20)22-13-6-5-12-21(22)24/h2-6,10-13,19H,7-9,14-18H2,1H3/t19-/m1/s1. The van der Waals surface area contributed by atoms with E-state index in [0.717, 1.165) is 25.7 Å². The van der Waals surface area contributed by atoms with Gasteiger partial charge in [-0.2, -0.15) is 0 Å². The molecule has 0 bridgehead atoms. The molecule has 1 fully saturated rings. The van der Waals surface area contributed by atoms with Crippen LogP contribution in [0.3, 0.4) is 0 Å². The molecule has 3 heteroatoms. The Morgan fingerprint density at radius 2 is 1.60 bits per heavy atom. The van der Waals surface area contributed by atoms with Crippen LogP contribution in [-0.4, -0.2) is 43.7 Å². The average Bonchev–Trinajstić information content (AvgIpc) is 3.07. The van der Waals surface area contributed by atoms with Crippen molar-refractivity contribution in [3.8, 4) is 0 Å². The van der Waals surface area contributed by atoms with Gasteiger partial charge in [0.05, 0.1) is 11.4 Å². The molecule has 0 radical (unpaired) electrons. The van der Waals surface area contributed by atoms with Gasteiger partial charge >= 0.3 is 0 Å². The summed E-state index contributed by atoms with van der Waals surface area (Å²) in [6.07, 6.45) is 4.00. The third kappa shape index (κ3) is 3.52. The summed E-state index contributed by atoms with van der Waals surface area (Å²) >= 11 is 0. The molecule has 2 aromatic carbocycles. The van der Waals surface area contributed by atoms with Gasteiger partial charge in [0.1, 0.15) is 0 Å². The number of hydrogen-bond acceptors (Lipinski definition) is 3. The molecule has 132 valence electrons. The molecule has 1 atom stereocenters. The Kier molecular flexibility index (Phi) is 4.93. The van der Waals surface area contributed by atoms with Crippen molar-refractivity contribution in [1.82, 2.24) is 4.90 Å². The number of benzene rings is 2. The van der Waals surface area contributed by atoms with Crippen molar-refractivity contribution < 1.29 is 0 Å². The molecule has 3 nitrogen and oxygen atoms in total. The quantitative estimate of drug-likeness (QED) is 0.795. The molecule has 2 heterocycles. The van der Waals surface area contributed by atoms with E-state index in [1.54, 1.807) is 0 Å². The maximum atomic E-state index is 2.66. The molecular formula is C22H29N3. The highest BCUT2D eigenvalue weighted by Gasteiger charge is 2.24. The normalized spacial score (nSPS) is 20.8. The van der Waals surface area contributed by atoms with Crippen LogP contribution in [-0.2, 0) is 0 Å². The molecule has 2 aliphatic heterocycles. The van der Waals surface area contributed by atoms with Crippen LogP contribution in [0, 0.1) is 0 Å². The predicted octanol–water partition coefficient (Wildman–Crippen LogP) is 4.52. The van der Waals surface area contributed by atoms with Gasteiger partial charge in [0.15, 0.2) is 0 Å². The molecule has 0 spiro atoms. The summed E-state index contributed by atoms with van der Waals surface area (Å²) in [5, 5.41) is 0. The van der Waals surface area contributed by atoms with Crippen molar-refractivity contribution in [3.05, 3.63) is 54.6 Å². The summed E-state index contributed by atoms with van der Waals surface area (Å²) in [5.41, 5.74) is 4.02. The molecule has 0 saturated carbocycles. The minimum Gasteiger partial charge on any atom is -0.368 e. The Hall–Kier alpha value is -2.00. The Morgan fingerprint density at radius 1 is 0.840 bits per heavy atom. The van der Waals surface area contributed by atoms with Gasteiger partial charge in [0, 0.05) is 37.9 Å². The van der Waals surface area contributed by atoms with Gasteiger partial charge in [-0.15, -0.1) is 0 Å². The molecule has 2 aliphatic rings. The molecule has 4 rings (SSSR count). The van der Waals surface area contributed by atoms with E-state index in [-0.39, 0.29) is 0 Å². The number of para-hydroxylation sites is 3. The van der Waals surface area contributed by atoms with Crippen molar-refractivity contribution in [2.24, 2.45) is 0 Å². The number of hydrogen-bond donors (Lipinski definition) is 0. The molecule has 0 unspecified atom stereocenters. The smallest absolute Gasteiger partial charge is 0.0649 e. The number of likely N-dealkylation sites (tertiary alicyclic amines) is 1. The van der Waals surface area contributed by atoms with E-state index < -0.39 is 0 Å². The Balaban J connectivity index is 1.45. The topological polar surface area (TPSA) is 9.72 Å². The number of nitrogens with zero attached hydrogens (tertiary/aromatic N) is 3. The third-order valence-corrected chi connectivity index (χ3v) is 5.74. The highest BCUT2D eigenvalue weighted by atomic mass is 15.3. The molecule has 0 amide bonds. The average molecular weight is 335 g/mol. The van der Waals surface area contributed by atoms with Crippen LogP contribution < -0.4 is 9.80 Å². The Morgan fingerprint density at radius 3 is 2.36 bits per heavy atom. The highest BCUT2D eigenvalue weighted by molar-refractivity contribution is 5.79. The zero-order valence-corrected chi connectivity index (χ0v) is 15.3. The van der Waals surface area contributed by atoms with Crippen LogP contribution >= 0.6 is 0 Å². The van der Waals surface area contributed by atoms with Crippen LogP contribution in [0.2, 0.25) is 0 Å². The maximum absolute atomic E-state index is 2.66. The third-order valence-electron chi connectivity index (χ3n) is 5.74. The lowest BCUT2D eigenvalue weighted by Gasteiger charge is -2.39. The first-order chi connectivity index (χ1) is 12.3. The van der Waals surface area contributed by atoms with Crippen LogP contribution in [0.15, 0.2) is 54.6 Å². The van der Waals surface area contributed by atoms with E-state index in [4.69, 9.17) is 0 Å². The van der Waals surface area contributed by atoms with Crippen molar-refractivity contribution in [2.45, 2.75) is 32.2 Å². The van der Waals surface area contributed by atoms with E-state index in [1.165, 1.54) is 49.4 Å². The predicted molar refractivity (Wildman–Crippen MR) is 107 cm³/mol. The number of anilines is 3. The van der Waals surface area contributed by atoms with Crippen LogP contribution in [0.5, 0.6) is 0 Å². The minimum absolute atomic E-state index is 0.780. The first kappa shape index (κ1) is 16.5. The van der Waals surface area contributed by atoms with Crippen molar-refractivity contribution >= 4 is 17.1 Å². The van der Waals surface area contributed by atoms with Gasteiger partial charge in [-0.05, 0) is 57.0 Å².